The molecule has 1 aliphatic heterocycles. The first-order chi connectivity index (χ1) is 15.3. The Bertz CT molecular complexity index is 1260. The highest BCUT2D eigenvalue weighted by atomic mass is 35.5. The number of para-hydroxylation sites is 1. The van der Waals surface area contributed by atoms with Gasteiger partial charge in [0, 0.05) is 21.8 Å². The molecule has 5 nitrogen and oxygen atoms in total. The Balaban J connectivity index is 2.02. The van der Waals surface area contributed by atoms with Crippen LogP contribution in [0.15, 0.2) is 72.3 Å². The molecule has 1 heterocycles. The van der Waals surface area contributed by atoms with E-state index in [9.17, 15) is 14.7 Å². The Hall–Kier alpha value is -3.57. The maximum atomic E-state index is 13.3. The number of halogens is 1. The van der Waals surface area contributed by atoms with Crippen LogP contribution >= 0.6 is 11.6 Å². The molecule has 0 spiro atoms. The highest BCUT2D eigenvalue weighted by Gasteiger charge is 2.48. The van der Waals surface area contributed by atoms with E-state index in [1.165, 1.54) is 12.0 Å². The number of aliphatic hydroxyl groups excluding tert-OH is 1. The second kappa shape index (κ2) is 8.52. The van der Waals surface area contributed by atoms with Crippen LogP contribution in [0.2, 0.25) is 5.02 Å². The minimum absolute atomic E-state index is 0.0123. The lowest BCUT2D eigenvalue weighted by Crippen LogP contribution is -2.30. The van der Waals surface area contributed by atoms with Crippen molar-refractivity contribution in [3.63, 3.8) is 0 Å². The first kappa shape index (κ1) is 21.7. The van der Waals surface area contributed by atoms with Crippen LogP contribution in [0.3, 0.4) is 0 Å². The number of benzene rings is 3. The van der Waals surface area contributed by atoms with Crippen molar-refractivity contribution in [2.45, 2.75) is 19.9 Å². The maximum Gasteiger partial charge on any atom is 0.300 e. The second-order valence-corrected chi connectivity index (χ2v) is 8.15. The van der Waals surface area contributed by atoms with Gasteiger partial charge in [0.25, 0.3) is 11.7 Å². The van der Waals surface area contributed by atoms with Crippen LogP contribution in [0.5, 0.6) is 5.75 Å². The van der Waals surface area contributed by atoms with Crippen LogP contribution in [0.25, 0.3) is 5.76 Å². The molecular formula is C26H22ClNO4. The summed E-state index contributed by atoms with van der Waals surface area (Å²) in [7, 11) is 1.53. The number of aliphatic hydroxyl groups is 1. The minimum atomic E-state index is -0.869. The van der Waals surface area contributed by atoms with E-state index in [-0.39, 0.29) is 11.3 Å². The molecule has 1 fully saturated rings. The highest BCUT2D eigenvalue weighted by Crippen LogP contribution is 2.45. The zero-order chi connectivity index (χ0) is 23.0. The van der Waals surface area contributed by atoms with Crippen molar-refractivity contribution in [1.82, 2.24) is 0 Å². The maximum absolute atomic E-state index is 13.3. The van der Waals surface area contributed by atoms with Crippen molar-refractivity contribution in [1.29, 1.82) is 0 Å². The molecule has 0 radical (unpaired) electrons. The molecular weight excluding hydrogens is 426 g/mol. The van der Waals surface area contributed by atoms with Gasteiger partial charge in [-0.15, -0.1) is 0 Å². The van der Waals surface area contributed by atoms with Gasteiger partial charge < -0.3 is 9.84 Å². The molecule has 0 aromatic heterocycles. The number of aryl methyl sites for hydroxylation is 2. The van der Waals surface area contributed by atoms with Gasteiger partial charge >= 0.3 is 0 Å². The Kier molecular flexibility index (Phi) is 5.76. The van der Waals surface area contributed by atoms with Gasteiger partial charge in [0.2, 0.25) is 0 Å². The number of hydrogen-bond acceptors (Lipinski definition) is 4. The van der Waals surface area contributed by atoms with E-state index in [1.54, 1.807) is 42.5 Å². The lowest BCUT2D eigenvalue weighted by atomic mass is 9.94. The average molecular weight is 448 g/mol. The minimum Gasteiger partial charge on any atom is -0.507 e. The number of carbonyl (C=O) groups is 2. The summed E-state index contributed by atoms with van der Waals surface area (Å²) >= 11 is 6.11. The number of rotatable bonds is 4. The van der Waals surface area contributed by atoms with Gasteiger partial charge in [0.15, 0.2) is 0 Å². The fraction of sp³-hybridized carbons (Fsp3) is 0.154. The topological polar surface area (TPSA) is 66.8 Å². The molecule has 162 valence electrons. The molecule has 1 atom stereocenters. The van der Waals surface area contributed by atoms with E-state index in [1.807, 2.05) is 38.1 Å². The Morgan fingerprint density at radius 2 is 1.75 bits per heavy atom. The molecule has 6 heteroatoms. The van der Waals surface area contributed by atoms with E-state index >= 15 is 0 Å². The molecule has 1 amide bonds. The molecule has 3 aromatic rings. The summed E-state index contributed by atoms with van der Waals surface area (Å²) in [6.45, 7) is 3.85. The number of ketones is 1. The largest absolute Gasteiger partial charge is 0.507 e. The fourth-order valence-electron chi connectivity index (χ4n) is 4.13. The average Bonchev–Trinajstić information content (AvgIpc) is 3.03. The predicted molar refractivity (Wildman–Crippen MR) is 125 cm³/mol. The zero-order valence-corrected chi connectivity index (χ0v) is 18.7. The predicted octanol–water partition coefficient (Wildman–Crippen LogP) is 5.59. The number of anilines is 1. The molecule has 4 rings (SSSR count). The normalized spacial score (nSPS) is 17.6. The molecule has 32 heavy (non-hydrogen) atoms. The van der Waals surface area contributed by atoms with Gasteiger partial charge in [-0.1, -0.05) is 59.6 Å². The third kappa shape index (κ3) is 3.65. The summed E-state index contributed by atoms with van der Waals surface area (Å²) in [5.41, 5.74) is 3.42. The number of amides is 1. The van der Waals surface area contributed by atoms with Gasteiger partial charge in [-0.25, -0.2) is 0 Å². The summed E-state index contributed by atoms with van der Waals surface area (Å²) in [5.74, 6) is -1.25. The third-order valence-corrected chi connectivity index (χ3v) is 5.82. The standard InChI is InChI=1S/C26H22ClNO4/c1-15-11-12-20(16(2)13-15)28-23(19-9-4-5-10-21(19)32-3)22(25(30)26(28)31)24(29)17-7-6-8-18(27)14-17/h4-14,23,29H,1-3H3/b24-22+. The number of nitrogens with zero attached hydrogens (tertiary/aromatic N) is 1. The van der Waals surface area contributed by atoms with Crippen LogP contribution in [-0.4, -0.2) is 23.9 Å². The van der Waals surface area contributed by atoms with Crippen molar-refractivity contribution in [3.05, 3.63) is 99.6 Å². The lowest BCUT2D eigenvalue weighted by Gasteiger charge is -2.28. The molecule has 1 saturated heterocycles. The van der Waals surface area contributed by atoms with Gasteiger partial charge in [0.05, 0.1) is 18.7 Å². The number of ether oxygens (including phenoxy) is 1. The van der Waals surface area contributed by atoms with Crippen molar-refractivity contribution < 1.29 is 19.4 Å². The van der Waals surface area contributed by atoms with Crippen molar-refractivity contribution in [2.75, 3.05) is 12.0 Å². The zero-order valence-electron chi connectivity index (χ0n) is 17.9. The summed E-state index contributed by atoms with van der Waals surface area (Å²) in [4.78, 5) is 28.0. The molecule has 0 saturated carbocycles. The Morgan fingerprint density at radius 3 is 2.44 bits per heavy atom. The number of carbonyl (C=O) groups excluding carboxylic acids is 2. The van der Waals surface area contributed by atoms with Crippen LogP contribution in [0.4, 0.5) is 5.69 Å². The Labute approximate surface area is 191 Å². The highest BCUT2D eigenvalue weighted by molar-refractivity contribution is 6.52. The first-order valence-corrected chi connectivity index (χ1v) is 10.5. The molecule has 3 aromatic carbocycles. The molecule has 1 N–H and O–H groups in total. The molecule has 1 aliphatic rings. The molecule has 0 bridgehead atoms. The van der Waals surface area contributed by atoms with E-state index in [2.05, 4.69) is 0 Å². The van der Waals surface area contributed by atoms with Crippen LogP contribution in [-0.2, 0) is 9.59 Å². The van der Waals surface area contributed by atoms with Gasteiger partial charge in [-0.2, -0.15) is 0 Å². The van der Waals surface area contributed by atoms with Crippen LogP contribution in [0, 0.1) is 13.8 Å². The number of Topliss-reactive ketones (excluding diaryl/α,β-unsaturated/α-hetero) is 1. The Morgan fingerprint density at radius 1 is 1.00 bits per heavy atom. The van der Waals surface area contributed by atoms with E-state index in [0.717, 1.165) is 11.1 Å². The van der Waals surface area contributed by atoms with Crippen molar-refractivity contribution in [2.24, 2.45) is 0 Å². The second-order valence-electron chi connectivity index (χ2n) is 7.71. The third-order valence-electron chi connectivity index (χ3n) is 5.59. The monoisotopic (exact) mass is 447 g/mol. The van der Waals surface area contributed by atoms with Crippen LogP contribution < -0.4 is 9.64 Å². The van der Waals surface area contributed by atoms with E-state index in [4.69, 9.17) is 16.3 Å². The van der Waals surface area contributed by atoms with E-state index < -0.39 is 17.7 Å². The lowest BCUT2D eigenvalue weighted by molar-refractivity contribution is -0.132. The molecule has 0 aliphatic carbocycles. The molecule has 1 unspecified atom stereocenters. The van der Waals surface area contributed by atoms with Gasteiger partial charge in [0.1, 0.15) is 11.5 Å². The summed E-state index contributed by atoms with van der Waals surface area (Å²) in [6, 6.07) is 18.5. The fourth-order valence-corrected chi connectivity index (χ4v) is 4.32. The number of hydrogen-bond donors (Lipinski definition) is 1. The van der Waals surface area contributed by atoms with Crippen molar-refractivity contribution in [3.8, 4) is 5.75 Å². The van der Waals surface area contributed by atoms with E-state index in [0.29, 0.717) is 27.6 Å². The summed E-state index contributed by atoms with van der Waals surface area (Å²) in [6.07, 6.45) is 0. The summed E-state index contributed by atoms with van der Waals surface area (Å²) < 4.78 is 5.54. The van der Waals surface area contributed by atoms with Crippen LogP contribution in [0.1, 0.15) is 28.3 Å². The number of methoxy groups -OCH3 is 1. The van der Waals surface area contributed by atoms with Crippen molar-refractivity contribution >= 4 is 34.7 Å². The van der Waals surface area contributed by atoms with Gasteiger partial charge in [-0.3, -0.25) is 14.5 Å². The summed E-state index contributed by atoms with van der Waals surface area (Å²) in [5, 5.41) is 11.6. The quantitative estimate of drug-likeness (QED) is 0.321. The SMILES string of the molecule is COc1ccccc1C1/C(=C(\O)c2cccc(Cl)c2)C(=O)C(=O)N1c1ccc(C)cc1C. The van der Waals surface area contributed by atoms with Gasteiger partial charge in [-0.05, 0) is 43.7 Å². The smallest absolute Gasteiger partial charge is 0.300 e. The first-order valence-electron chi connectivity index (χ1n) is 10.1.